The maximum absolute atomic E-state index is 5.54. The number of hydrogen-bond donors (Lipinski definition) is 1. The van der Waals surface area contributed by atoms with Crippen molar-refractivity contribution in [2.45, 2.75) is 39.0 Å². The minimum Gasteiger partial charge on any atom is -0.381 e. The number of hydrogen-bond acceptors (Lipinski definition) is 3. The van der Waals surface area contributed by atoms with E-state index in [-0.39, 0.29) is 0 Å². The van der Waals surface area contributed by atoms with Gasteiger partial charge in [-0.1, -0.05) is 6.92 Å². The molecule has 2 heterocycles. The number of nitrogens with one attached hydrogen (secondary N) is 1. The molecule has 0 aromatic carbocycles. The Bertz CT molecular complexity index is 369. The van der Waals surface area contributed by atoms with Crippen LogP contribution in [0.5, 0.6) is 0 Å². The van der Waals surface area contributed by atoms with Crippen LogP contribution < -0.4 is 5.32 Å². The Labute approximate surface area is 116 Å². The Balaban J connectivity index is 1.89. The minimum atomic E-state index is 0.420. The van der Waals surface area contributed by atoms with Crippen LogP contribution in [0.2, 0.25) is 0 Å². The lowest BCUT2D eigenvalue weighted by Gasteiger charge is -2.37. The molecule has 19 heavy (non-hydrogen) atoms. The molecule has 1 saturated heterocycles. The van der Waals surface area contributed by atoms with E-state index in [2.05, 4.69) is 23.5 Å². The molecule has 1 aliphatic rings. The first-order chi connectivity index (χ1) is 9.24. The lowest BCUT2D eigenvalue weighted by molar-refractivity contribution is 0.0107. The average molecular weight is 265 g/mol. The van der Waals surface area contributed by atoms with Crippen LogP contribution in [0.15, 0.2) is 12.4 Å². The van der Waals surface area contributed by atoms with Crippen LogP contribution in [0.4, 0.5) is 0 Å². The highest BCUT2D eigenvalue weighted by molar-refractivity contribution is 5.05. The van der Waals surface area contributed by atoms with Gasteiger partial charge in [-0.3, -0.25) is 4.68 Å². The highest BCUT2D eigenvalue weighted by atomic mass is 16.5. The third-order valence-electron chi connectivity index (χ3n) is 4.18. The van der Waals surface area contributed by atoms with Gasteiger partial charge in [0.15, 0.2) is 0 Å². The van der Waals surface area contributed by atoms with Crippen LogP contribution in [0.3, 0.4) is 0 Å². The van der Waals surface area contributed by atoms with Crippen LogP contribution in [0.25, 0.3) is 0 Å². The van der Waals surface area contributed by atoms with Crippen molar-refractivity contribution in [3.05, 3.63) is 18.0 Å². The summed E-state index contributed by atoms with van der Waals surface area (Å²) < 4.78 is 7.43. The van der Waals surface area contributed by atoms with Crippen molar-refractivity contribution in [1.82, 2.24) is 15.1 Å². The standard InChI is InChI=1S/C15H27N3O/c1-3-8-16-13-15(6-9-19-10-7-15)5-4-14-11-17-18(2)12-14/h11-12,16H,3-10,13H2,1-2H3. The Kier molecular flexibility index (Phi) is 5.40. The predicted octanol–water partition coefficient (Wildman–Crippen LogP) is 2.15. The number of nitrogens with zero attached hydrogens (tertiary/aromatic N) is 2. The van der Waals surface area contributed by atoms with E-state index in [1.54, 1.807) is 0 Å². The summed E-state index contributed by atoms with van der Waals surface area (Å²) in [5, 5.41) is 7.87. The van der Waals surface area contributed by atoms with Gasteiger partial charge in [-0.25, -0.2) is 0 Å². The molecular formula is C15H27N3O. The fourth-order valence-corrected chi connectivity index (χ4v) is 2.86. The second-order valence-corrected chi connectivity index (χ2v) is 5.81. The van der Waals surface area contributed by atoms with Crippen LogP contribution in [0, 0.1) is 5.41 Å². The van der Waals surface area contributed by atoms with Gasteiger partial charge in [0.2, 0.25) is 0 Å². The van der Waals surface area contributed by atoms with E-state index >= 15 is 0 Å². The zero-order valence-corrected chi connectivity index (χ0v) is 12.3. The average Bonchev–Trinajstić information content (AvgIpc) is 2.84. The summed E-state index contributed by atoms with van der Waals surface area (Å²) >= 11 is 0. The molecule has 1 aromatic rings. The maximum Gasteiger partial charge on any atom is 0.0521 e. The summed E-state index contributed by atoms with van der Waals surface area (Å²) in [4.78, 5) is 0. The molecule has 0 amide bonds. The van der Waals surface area contributed by atoms with Gasteiger partial charge in [0.1, 0.15) is 0 Å². The predicted molar refractivity (Wildman–Crippen MR) is 77.2 cm³/mol. The van der Waals surface area contributed by atoms with Crippen LogP contribution in [-0.2, 0) is 18.2 Å². The van der Waals surface area contributed by atoms with Gasteiger partial charge in [-0.15, -0.1) is 0 Å². The second kappa shape index (κ2) is 7.06. The first-order valence-corrected chi connectivity index (χ1v) is 7.50. The molecule has 0 saturated carbocycles. The first-order valence-electron chi connectivity index (χ1n) is 7.50. The van der Waals surface area contributed by atoms with Gasteiger partial charge in [-0.2, -0.15) is 5.10 Å². The van der Waals surface area contributed by atoms with E-state index in [0.717, 1.165) is 32.7 Å². The normalized spacial score (nSPS) is 18.6. The van der Waals surface area contributed by atoms with E-state index in [1.165, 1.54) is 31.2 Å². The highest BCUT2D eigenvalue weighted by Crippen LogP contribution is 2.34. The van der Waals surface area contributed by atoms with E-state index in [1.807, 2.05) is 17.9 Å². The Hall–Kier alpha value is -0.870. The second-order valence-electron chi connectivity index (χ2n) is 5.81. The molecule has 0 spiro atoms. The van der Waals surface area contributed by atoms with Crippen molar-refractivity contribution < 1.29 is 4.74 Å². The first kappa shape index (κ1) is 14.5. The molecule has 0 radical (unpaired) electrons. The highest BCUT2D eigenvalue weighted by Gasteiger charge is 2.31. The summed E-state index contributed by atoms with van der Waals surface area (Å²) in [5.74, 6) is 0. The van der Waals surface area contributed by atoms with E-state index in [0.29, 0.717) is 5.41 Å². The number of aryl methyl sites for hydroxylation is 2. The number of aromatic nitrogens is 2. The van der Waals surface area contributed by atoms with Gasteiger partial charge in [0, 0.05) is 33.0 Å². The molecule has 1 N–H and O–H groups in total. The zero-order valence-electron chi connectivity index (χ0n) is 12.3. The Morgan fingerprint density at radius 2 is 2.21 bits per heavy atom. The maximum atomic E-state index is 5.54. The van der Waals surface area contributed by atoms with Crippen LogP contribution >= 0.6 is 0 Å². The topological polar surface area (TPSA) is 39.1 Å². The molecule has 1 aliphatic heterocycles. The van der Waals surface area contributed by atoms with Crippen LogP contribution in [-0.4, -0.2) is 36.1 Å². The molecule has 2 rings (SSSR count). The SMILES string of the molecule is CCCNCC1(CCc2cnn(C)c2)CCOCC1. The fraction of sp³-hybridized carbons (Fsp3) is 0.800. The molecule has 108 valence electrons. The van der Waals surface area contributed by atoms with Crippen molar-refractivity contribution in [1.29, 1.82) is 0 Å². The molecule has 1 aromatic heterocycles. The Morgan fingerprint density at radius 3 is 2.84 bits per heavy atom. The lowest BCUT2D eigenvalue weighted by Crippen LogP contribution is -2.39. The molecule has 1 fully saturated rings. The van der Waals surface area contributed by atoms with E-state index < -0.39 is 0 Å². The Morgan fingerprint density at radius 1 is 1.42 bits per heavy atom. The summed E-state index contributed by atoms with van der Waals surface area (Å²) in [7, 11) is 1.98. The lowest BCUT2D eigenvalue weighted by atomic mass is 9.75. The zero-order chi connectivity index (χ0) is 13.6. The van der Waals surface area contributed by atoms with Gasteiger partial charge < -0.3 is 10.1 Å². The molecule has 4 heteroatoms. The third-order valence-corrected chi connectivity index (χ3v) is 4.18. The van der Waals surface area contributed by atoms with Crippen molar-refractivity contribution in [2.75, 3.05) is 26.3 Å². The van der Waals surface area contributed by atoms with Gasteiger partial charge in [0.25, 0.3) is 0 Å². The summed E-state index contributed by atoms with van der Waals surface area (Å²) in [6.45, 7) is 6.31. The number of ether oxygens (including phenoxy) is 1. The molecule has 0 unspecified atom stereocenters. The van der Waals surface area contributed by atoms with E-state index in [9.17, 15) is 0 Å². The molecule has 0 aliphatic carbocycles. The van der Waals surface area contributed by atoms with Crippen molar-refractivity contribution in [3.63, 3.8) is 0 Å². The monoisotopic (exact) mass is 265 g/mol. The van der Waals surface area contributed by atoms with Gasteiger partial charge in [0.05, 0.1) is 6.20 Å². The quantitative estimate of drug-likeness (QED) is 0.768. The van der Waals surface area contributed by atoms with Crippen LogP contribution in [0.1, 0.15) is 38.2 Å². The molecule has 0 atom stereocenters. The van der Waals surface area contributed by atoms with E-state index in [4.69, 9.17) is 4.74 Å². The van der Waals surface area contributed by atoms with Crippen molar-refractivity contribution >= 4 is 0 Å². The summed E-state index contributed by atoms with van der Waals surface area (Å²) in [5.41, 5.74) is 1.77. The smallest absolute Gasteiger partial charge is 0.0521 e. The van der Waals surface area contributed by atoms with Crippen molar-refractivity contribution in [3.8, 4) is 0 Å². The summed E-state index contributed by atoms with van der Waals surface area (Å²) in [6, 6.07) is 0. The number of rotatable bonds is 7. The summed E-state index contributed by atoms with van der Waals surface area (Å²) in [6.07, 6.45) is 10.1. The molecule has 4 nitrogen and oxygen atoms in total. The van der Waals surface area contributed by atoms with Crippen molar-refractivity contribution in [2.24, 2.45) is 12.5 Å². The largest absolute Gasteiger partial charge is 0.381 e. The molecule has 0 bridgehead atoms. The third kappa shape index (κ3) is 4.32. The minimum absolute atomic E-state index is 0.420. The molecular weight excluding hydrogens is 238 g/mol. The van der Waals surface area contributed by atoms with Gasteiger partial charge in [-0.05, 0) is 49.6 Å². The fourth-order valence-electron chi connectivity index (χ4n) is 2.86. The van der Waals surface area contributed by atoms with Gasteiger partial charge >= 0.3 is 0 Å².